The number of ether oxygens (including phenoxy) is 2. The van der Waals surface area contributed by atoms with Gasteiger partial charge in [-0.05, 0) is 48.5 Å². The Kier molecular flexibility index (Phi) is 5.55. The number of nitrogens with one attached hydrogen (secondary N) is 1. The summed E-state index contributed by atoms with van der Waals surface area (Å²) in [7, 11) is 3.20. The standard InChI is InChI=1S/C27H21N5O2/c1-33-24-13-12-18(15-25(24)34-2)26-20(17-32(31-26)21-8-4-3-5-9-21)14-19(16-28)27-29-22-10-6-7-11-23(22)30-27/h3-15,17H,1-2H3,(H,29,30)/b19-14-. The number of methoxy groups -OCH3 is 2. The monoisotopic (exact) mass is 447 g/mol. The van der Waals surface area contributed by atoms with Gasteiger partial charge in [-0.25, -0.2) is 9.67 Å². The summed E-state index contributed by atoms with van der Waals surface area (Å²) < 4.78 is 12.7. The Labute approximate surface area is 196 Å². The second kappa shape index (κ2) is 8.96. The minimum absolute atomic E-state index is 0.408. The average Bonchev–Trinajstić information content (AvgIpc) is 3.51. The molecule has 0 unspecified atom stereocenters. The molecule has 0 atom stereocenters. The molecule has 5 aromatic rings. The molecule has 0 fully saturated rings. The van der Waals surface area contributed by atoms with E-state index in [-0.39, 0.29) is 0 Å². The minimum atomic E-state index is 0.408. The second-order valence-corrected chi connectivity index (χ2v) is 7.56. The molecule has 0 aliphatic rings. The lowest BCUT2D eigenvalue weighted by Crippen LogP contribution is -1.95. The maximum Gasteiger partial charge on any atom is 0.161 e. The summed E-state index contributed by atoms with van der Waals surface area (Å²) in [6.45, 7) is 0. The van der Waals surface area contributed by atoms with Crippen molar-refractivity contribution in [2.45, 2.75) is 0 Å². The largest absolute Gasteiger partial charge is 0.493 e. The fourth-order valence-corrected chi connectivity index (χ4v) is 3.80. The zero-order chi connectivity index (χ0) is 23.5. The molecule has 0 aliphatic heterocycles. The first-order valence-corrected chi connectivity index (χ1v) is 10.6. The topological polar surface area (TPSA) is 88.8 Å². The van der Waals surface area contributed by atoms with Crippen LogP contribution in [0.1, 0.15) is 11.4 Å². The van der Waals surface area contributed by atoms with Crippen LogP contribution < -0.4 is 9.47 Å². The number of rotatable bonds is 6. The number of nitriles is 1. The number of imidazole rings is 1. The molecule has 34 heavy (non-hydrogen) atoms. The first-order valence-electron chi connectivity index (χ1n) is 10.6. The molecule has 0 bridgehead atoms. The van der Waals surface area contributed by atoms with E-state index < -0.39 is 0 Å². The van der Waals surface area contributed by atoms with E-state index in [1.807, 2.05) is 79.0 Å². The Morgan fingerprint density at radius 1 is 0.971 bits per heavy atom. The van der Waals surface area contributed by atoms with E-state index in [2.05, 4.69) is 16.0 Å². The Morgan fingerprint density at radius 2 is 1.74 bits per heavy atom. The molecule has 2 aromatic heterocycles. The Bertz CT molecular complexity index is 1510. The van der Waals surface area contributed by atoms with Gasteiger partial charge in [-0.2, -0.15) is 10.4 Å². The van der Waals surface area contributed by atoms with Gasteiger partial charge in [0.2, 0.25) is 0 Å². The summed E-state index contributed by atoms with van der Waals surface area (Å²) in [5.74, 6) is 1.74. The predicted molar refractivity (Wildman–Crippen MR) is 132 cm³/mol. The number of para-hydroxylation sites is 3. The molecular formula is C27H21N5O2. The van der Waals surface area contributed by atoms with E-state index in [1.54, 1.807) is 25.0 Å². The van der Waals surface area contributed by atoms with Crippen molar-refractivity contribution in [3.63, 3.8) is 0 Å². The fraction of sp³-hybridized carbons (Fsp3) is 0.0741. The smallest absolute Gasteiger partial charge is 0.161 e. The Morgan fingerprint density at radius 3 is 2.47 bits per heavy atom. The van der Waals surface area contributed by atoms with Crippen molar-refractivity contribution >= 4 is 22.7 Å². The number of fused-ring (bicyclic) bond motifs is 1. The van der Waals surface area contributed by atoms with Crippen molar-refractivity contribution in [3.8, 4) is 34.5 Å². The normalized spacial score (nSPS) is 11.4. The minimum Gasteiger partial charge on any atom is -0.493 e. The molecule has 0 saturated heterocycles. The molecule has 0 aliphatic carbocycles. The van der Waals surface area contributed by atoms with Crippen molar-refractivity contribution in [1.29, 1.82) is 5.26 Å². The van der Waals surface area contributed by atoms with Crippen LogP contribution in [0.3, 0.4) is 0 Å². The van der Waals surface area contributed by atoms with Gasteiger partial charge in [0, 0.05) is 17.3 Å². The van der Waals surface area contributed by atoms with Crippen molar-refractivity contribution in [3.05, 3.63) is 90.4 Å². The number of allylic oxidation sites excluding steroid dienone is 1. The van der Waals surface area contributed by atoms with Crippen molar-refractivity contribution in [2.24, 2.45) is 0 Å². The zero-order valence-corrected chi connectivity index (χ0v) is 18.7. The van der Waals surface area contributed by atoms with E-state index in [1.165, 1.54) is 0 Å². The number of hydrogen-bond acceptors (Lipinski definition) is 5. The summed E-state index contributed by atoms with van der Waals surface area (Å²) >= 11 is 0. The SMILES string of the molecule is COc1ccc(-c2nn(-c3ccccc3)cc2/C=C(/C#N)c2nc3ccccc3[nH]2)cc1OC. The van der Waals surface area contributed by atoms with Crippen molar-refractivity contribution in [1.82, 2.24) is 19.7 Å². The van der Waals surface area contributed by atoms with Crippen LogP contribution in [0.25, 0.3) is 39.6 Å². The Balaban J connectivity index is 1.67. The molecular weight excluding hydrogens is 426 g/mol. The first kappa shape index (κ1) is 21.0. The molecule has 3 aromatic carbocycles. The fourth-order valence-electron chi connectivity index (χ4n) is 3.80. The van der Waals surface area contributed by atoms with E-state index >= 15 is 0 Å². The molecule has 7 nitrogen and oxygen atoms in total. The van der Waals surface area contributed by atoms with Gasteiger partial charge in [0.1, 0.15) is 17.6 Å². The Hall–Kier alpha value is -4.83. The summed E-state index contributed by atoms with van der Waals surface area (Å²) in [4.78, 5) is 7.82. The van der Waals surface area contributed by atoms with Gasteiger partial charge in [0.05, 0.1) is 36.5 Å². The lowest BCUT2D eigenvalue weighted by molar-refractivity contribution is 0.355. The summed E-state index contributed by atoms with van der Waals surface area (Å²) in [5, 5.41) is 14.8. The molecule has 0 amide bonds. The van der Waals surface area contributed by atoms with Gasteiger partial charge < -0.3 is 14.5 Å². The summed E-state index contributed by atoms with van der Waals surface area (Å²) in [5.41, 5.74) is 5.30. The molecule has 2 heterocycles. The van der Waals surface area contributed by atoms with Crippen LogP contribution in [0, 0.1) is 11.3 Å². The van der Waals surface area contributed by atoms with Crippen LogP contribution in [0.4, 0.5) is 0 Å². The molecule has 0 radical (unpaired) electrons. The van der Waals surface area contributed by atoms with Crippen LogP contribution in [-0.4, -0.2) is 34.0 Å². The number of nitrogens with zero attached hydrogens (tertiary/aromatic N) is 4. The van der Waals surface area contributed by atoms with Crippen LogP contribution in [0.15, 0.2) is 79.0 Å². The third-order valence-corrected chi connectivity index (χ3v) is 5.49. The molecule has 7 heteroatoms. The van der Waals surface area contributed by atoms with Gasteiger partial charge in [-0.15, -0.1) is 0 Å². The number of hydrogen-bond donors (Lipinski definition) is 1. The average molecular weight is 447 g/mol. The van der Waals surface area contributed by atoms with Crippen LogP contribution in [0.5, 0.6) is 11.5 Å². The maximum atomic E-state index is 9.96. The summed E-state index contributed by atoms with van der Waals surface area (Å²) in [6.07, 6.45) is 3.71. The number of benzene rings is 3. The highest BCUT2D eigenvalue weighted by atomic mass is 16.5. The quantitative estimate of drug-likeness (QED) is 0.347. The van der Waals surface area contributed by atoms with Gasteiger partial charge in [0.25, 0.3) is 0 Å². The highest BCUT2D eigenvalue weighted by Crippen LogP contribution is 2.34. The third-order valence-electron chi connectivity index (χ3n) is 5.49. The highest BCUT2D eigenvalue weighted by molar-refractivity contribution is 5.92. The number of aromatic nitrogens is 4. The van der Waals surface area contributed by atoms with E-state index in [0.717, 1.165) is 27.8 Å². The molecule has 0 saturated carbocycles. The van der Waals surface area contributed by atoms with Crippen molar-refractivity contribution < 1.29 is 9.47 Å². The molecule has 5 rings (SSSR count). The summed E-state index contributed by atoms with van der Waals surface area (Å²) in [6, 6.07) is 25.4. The first-order chi connectivity index (χ1) is 16.7. The van der Waals surface area contributed by atoms with E-state index in [4.69, 9.17) is 14.6 Å². The second-order valence-electron chi connectivity index (χ2n) is 7.56. The molecule has 0 spiro atoms. The zero-order valence-electron chi connectivity index (χ0n) is 18.7. The van der Waals surface area contributed by atoms with Gasteiger partial charge in [0.15, 0.2) is 11.5 Å². The lowest BCUT2D eigenvalue weighted by atomic mass is 10.1. The third kappa shape index (κ3) is 3.89. The molecule has 166 valence electrons. The highest BCUT2D eigenvalue weighted by Gasteiger charge is 2.16. The van der Waals surface area contributed by atoms with Gasteiger partial charge >= 0.3 is 0 Å². The van der Waals surface area contributed by atoms with Crippen LogP contribution in [-0.2, 0) is 0 Å². The molecule has 1 N–H and O–H groups in total. The lowest BCUT2D eigenvalue weighted by Gasteiger charge is -2.09. The van der Waals surface area contributed by atoms with E-state index in [9.17, 15) is 5.26 Å². The van der Waals surface area contributed by atoms with E-state index in [0.29, 0.717) is 28.6 Å². The number of aromatic amines is 1. The van der Waals surface area contributed by atoms with Crippen molar-refractivity contribution in [2.75, 3.05) is 14.2 Å². The number of H-pyrrole nitrogens is 1. The van der Waals surface area contributed by atoms with Gasteiger partial charge in [-0.1, -0.05) is 30.3 Å². The predicted octanol–water partition coefficient (Wildman–Crippen LogP) is 5.50. The maximum absolute atomic E-state index is 9.96. The van der Waals surface area contributed by atoms with Gasteiger partial charge in [-0.3, -0.25) is 0 Å². The van der Waals surface area contributed by atoms with Crippen LogP contribution >= 0.6 is 0 Å². The van der Waals surface area contributed by atoms with Crippen LogP contribution in [0.2, 0.25) is 0 Å².